The van der Waals surface area contributed by atoms with Crippen LogP contribution in [0.5, 0.6) is 0 Å². The van der Waals surface area contributed by atoms with Crippen LogP contribution in [-0.2, 0) is 24.9 Å². The molecule has 3 aromatic rings. The van der Waals surface area contributed by atoms with E-state index >= 15 is 0 Å². The molecule has 0 atom stereocenters. The lowest BCUT2D eigenvalue weighted by Crippen LogP contribution is -2.32. The summed E-state index contributed by atoms with van der Waals surface area (Å²) < 4.78 is 26.6. The quantitative estimate of drug-likeness (QED) is 0.647. The van der Waals surface area contributed by atoms with Crippen molar-refractivity contribution in [2.24, 2.45) is 0 Å². The second-order valence-electron chi connectivity index (χ2n) is 8.56. The van der Waals surface area contributed by atoms with E-state index in [1.165, 1.54) is 17.7 Å². The Morgan fingerprint density at radius 1 is 1.00 bits per heavy atom. The molecule has 0 saturated heterocycles. The zero-order chi connectivity index (χ0) is 20.6. The molecule has 0 N–H and O–H groups in total. The second kappa shape index (κ2) is 7.59. The maximum atomic E-state index is 13.4. The van der Waals surface area contributed by atoms with Crippen molar-refractivity contribution in [1.29, 1.82) is 0 Å². The van der Waals surface area contributed by atoms with Crippen molar-refractivity contribution in [1.82, 2.24) is 19.9 Å². The van der Waals surface area contributed by atoms with Crippen LogP contribution in [0.2, 0.25) is 0 Å². The highest BCUT2D eigenvalue weighted by molar-refractivity contribution is 5.59. The van der Waals surface area contributed by atoms with Crippen LogP contribution in [0.15, 0.2) is 42.7 Å². The summed E-state index contributed by atoms with van der Waals surface area (Å²) in [5.41, 5.74) is 4.54. The van der Waals surface area contributed by atoms with E-state index in [9.17, 15) is 8.78 Å². The summed E-state index contributed by atoms with van der Waals surface area (Å²) in [4.78, 5) is 16.1. The number of benzene rings is 1. The van der Waals surface area contributed by atoms with E-state index in [0.29, 0.717) is 11.3 Å². The molecule has 3 heterocycles. The van der Waals surface area contributed by atoms with Crippen LogP contribution in [0.25, 0.3) is 11.3 Å². The normalized spacial score (nSPS) is 14.7. The Morgan fingerprint density at radius 2 is 1.83 bits per heavy atom. The van der Waals surface area contributed by atoms with E-state index in [-0.39, 0.29) is 5.41 Å². The molecular formula is C23H24F2N4. The first-order valence-corrected chi connectivity index (χ1v) is 9.77. The van der Waals surface area contributed by atoms with Crippen LogP contribution in [-0.4, -0.2) is 26.4 Å². The predicted molar refractivity (Wildman–Crippen MR) is 108 cm³/mol. The molecular weight excluding hydrogens is 370 g/mol. The minimum atomic E-state index is -0.864. The molecule has 6 heteroatoms. The third-order valence-corrected chi connectivity index (χ3v) is 5.13. The van der Waals surface area contributed by atoms with E-state index in [1.807, 2.05) is 18.3 Å². The number of fused-ring (bicyclic) bond motifs is 1. The molecule has 2 aromatic heterocycles. The first kappa shape index (κ1) is 19.6. The third-order valence-electron chi connectivity index (χ3n) is 5.13. The van der Waals surface area contributed by atoms with Gasteiger partial charge >= 0.3 is 0 Å². The van der Waals surface area contributed by atoms with Gasteiger partial charge in [0.25, 0.3) is 0 Å². The summed E-state index contributed by atoms with van der Waals surface area (Å²) in [5, 5.41) is 0. The molecule has 4 nitrogen and oxygen atoms in total. The Morgan fingerprint density at radius 3 is 2.52 bits per heavy atom. The summed E-state index contributed by atoms with van der Waals surface area (Å²) in [6.45, 7) is 8.89. The summed E-state index contributed by atoms with van der Waals surface area (Å²) in [5.74, 6) is -0.826. The van der Waals surface area contributed by atoms with Gasteiger partial charge in [0.05, 0.1) is 5.69 Å². The van der Waals surface area contributed by atoms with Crippen molar-refractivity contribution in [2.75, 3.05) is 6.54 Å². The molecule has 1 aromatic carbocycles. The maximum Gasteiger partial charge on any atom is 0.159 e. The highest BCUT2D eigenvalue weighted by Crippen LogP contribution is 2.24. The first-order valence-electron chi connectivity index (χ1n) is 9.77. The Kier molecular flexibility index (Phi) is 5.13. The topological polar surface area (TPSA) is 41.9 Å². The predicted octanol–water partition coefficient (Wildman–Crippen LogP) is 4.67. The van der Waals surface area contributed by atoms with Gasteiger partial charge in [-0.15, -0.1) is 0 Å². The molecule has 0 saturated carbocycles. The van der Waals surface area contributed by atoms with E-state index in [4.69, 9.17) is 4.98 Å². The largest absolute Gasteiger partial charge is 0.294 e. The Hall–Kier alpha value is -2.73. The van der Waals surface area contributed by atoms with Crippen LogP contribution in [0.3, 0.4) is 0 Å². The van der Waals surface area contributed by atoms with Crippen LogP contribution >= 0.6 is 0 Å². The Balaban J connectivity index is 1.44. The van der Waals surface area contributed by atoms with E-state index in [2.05, 4.69) is 35.6 Å². The van der Waals surface area contributed by atoms with Crippen molar-refractivity contribution in [3.8, 4) is 11.3 Å². The first-order chi connectivity index (χ1) is 13.8. The second-order valence-corrected chi connectivity index (χ2v) is 8.56. The lowest BCUT2D eigenvalue weighted by atomic mass is 9.95. The van der Waals surface area contributed by atoms with Gasteiger partial charge in [0.2, 0.25) is 0 Å². The fourth-order valence-electron chi connectivity index (χ4n) is 3.47. The molecule has 0 spiro atoms. The molecule has 4 rings (SSSR count). The van der Waals surface area contributed by atoms with Gasteiger partial charge in [-0.05, 0) is 29.8 Å². The van der Waals surface area contributed by atoms with Crippen LogP contribution in [0.1, 0.15) is 43.4 Å². The zero-order valence-corrected chi connectivity index (χ0v) is 16.9. The van der Waals surface area contributed by atoms with Gasteiger partial charge in [0, 0.05) is 60.7 Å². The molecule has 1 aliphatic rings. The lowest BCUT2D eigenvalue weighted by Gasteiger charge is -2.29. The highest BCUT2D eigenvalue weighted by Gasteiger charge is 2.23. The molecule has 0 aliphatic carbocycles. The Bertz CT molecular complexity index is 1030. The molecule has 0 radical (unpaired) electrons. The number of halogens is 2. The number of aromatic nitrogens is 3. The fourth-order valence-corrected chi connectivity index (χ4v) is 3.47. The molecule has 0 amide bonds. The van der Waals surface area contributed by atoms with Crippen LogP contribution in [0.4, 0.5) is 8.78 Å². The smallest absolute Gasteiger partial charge is 0.159 e. The van der Waals surface area contributed by atoms with Gasteiger partial charge in [0.15, 0.2) is 11.6 Å². The Labute approximate surface area is 169 Å². The van der Waals surface area contributed by atoms with Crippen LogP contribution < -0.4 is 0 Å². The number of rotatable bonds is 3. The summed E-state index contributed by atoms with van der Waals surface area (Å²) >= 11 is 0. The highest BCUT2D eigenvalue weighted by atomic mass is 19.2. The van der Waals surface area contributed by atoms with E-state index < -0.39 is 11.6 Å². The van der Waals surface area contributed by atoms with Crippen LogP contribution in [0, 0.1) is 11.6 Å². The monoisotopic (exact) mass is 394 g/mol. The molecule has 1 aliphatic heterocycles. The van der Waals surface area contributed by atoms with Crippen molar-refractivity contribution in [3.63, 3.8) is 0 Å². The molecule has 0 fully saturated rings. The fraction of sp³-hybridized carbons (Fsp3) is 0.348. The van der Waals surface area contributed by atoms with Gasteiger partial charge in [-0.25, -0.2) is 18.7 Å². The van der Waals surface area contributed by atoms with Gasteiger partial charge in [0.1, 0.15) is 5.82 Å². The van der Waals surface area contributed by atoms with E-state index in [1.54, 1.807) is 6.20 Å². The van der Waals surface area contributed by atoms with Crippen molar-refractivity contribution >= 4 is 0 Å². The molecule has 0 unspecified atom stereocenters. The molecule has 0 bridgehead atoms. The summed E-state index contributed by atoms with van der Waals surface area (Å²) in [6, 6.07) is 7.66. The summed E-state index contributed by atoms with van der Waals surface area (Å²) in [7, 11) is 0. The maximum absolute atomic E-state index is 13.4. The van der Waals surface area contributed by atoms with Gasteiger partial charge in [-0.3, -0.25) is 9.88 Å². The average molecular weight is 394 g/mol. The standard InChI is InChI=1S/C23H24F2N4/c1-23(2,3)22-27-12-17-14-29(9-8-21(17)28-22)13-15-4-7-20(26-11-15)16-5-6-18(24)19(25)10-16/h4-7,10-12H,8-9,13-14H2,1-3H3. The SMILES string of the molecule is CC(C)(C)c1ncc2c(n1)CCN(Cc1ccc(-c3ccc(F)c(F)c3)nc1)C2. The van der Waals surface area contributed by atoms with Crippen molar-refractivity contribution in [3.05, 3.63) is 77.0 Å². The average Bonchev–Trinajstić information content (AvgIpc) is 2.69. The lowest BCUT2D eigenvalue weighted by molar-refractivity contribution is 0.242. The molecule has 29 heavy (non-hydrogen) atoms. The molecule has 150 valence electrons. The summed E-state index contributed by atoms with van der Waals surface area (Å²) in [6.07, 6.45) is 4.66. The van der Waals surface area contributed by atoms with Crippen molar-refractivity contribution < 1.29 is 8.78 Å². The van der Waals surface area contributed by atoms with Gasteiger partial charge in [-0.2, -0.15) is 0 Å². The van der Waals surface area contributed by atoms with Gasteiger partial charge in [-0.1, -0.05) is 26.8 Å². The number of nitrogens with zero attached hydrogens (tertiary/aromatic N) is 4. The van der Waals surface area contributed by atoms with Gasteiger partial charge < -0.3 is 0 Å². The number of hydrogen-bond donors (Lipinski definition) is 0. The number of pyridine rings is 1. The third kappa shape index (κ3) is 4.32. The minimum absolute atomic E-state index is 0.0486. The number of hydrogen-bond acceptors (Lipinski definition) is 4. The van der Waals surface area contributed by atoms with Crippen molar-refractivity contribution in [2.45, 2.75) is 45.7 Å². The zero-order valence-electron chi connectivity index (χ0n) is 16.9. The minimum Gasteiger partial charge on any atom is -0.294 e. The van der Waals surface area contributed by atoms with E-state index in [0.717, 1.165) is 49.2 Å².